The summed E-state index contributed by atoms with van der Waals surface area (Å²) in [4.78, 5) is 26.0. The van der Waals surface area contributed by atoms with Crippen LogP contribution < -0.4 is 0 Å². The van der Waals surface area contributed by atoms with E-state index in [4.69, 9.17) is 0 Å². The predicted octanol–water partition coefficient (Wildman–Crippen LogP) is 1.55. The number of aliphatic imine (C=N–C) groups is 1. The second-order valence-corrected chi connectivity index (χ2v) is 4.80. The SMILES string of the molecule is CC(Cn1ccc([N+](=O)[O-])n1)=NCC(=O)c1ccc(O)cc1O. The van der Waals surface area contributed by atoms with E-state index in [2.05, 4.69) is 10.1 Å². The van der Waals surface area contributed by atoms with Crippen molar-refractivity contribution in [2.24, 2.45) is 4.99 Å². The summed E-state index contributed by atoms with van der Waals surface area (Å²) >= 11 is 0. The molecule has 1 aromatic carbocycles. The Labute approximate surface area is 130 Å². The van der Waals surface area contributed by atoms with Crippen LogP contribution in [0.4, 0.5) is 5.82 Å². The first-order chi connectivity index (χ1) is 10.9. The Bertz CT molecular complexity index is 781. The lowest BCUT2D eigenvalue weighted by Gasteiger charge is -2.03. The van der Waals surface area contributed by atoms with E-state index < -0.39 is 10.7 Å². The third-order valence-electron chi connectivity index (χ3n) is 2.98. The van der Waals surface area contributed by atoms with Crippen molar-refractivity contribution in [3.63, 3.8) is 0 Å². The van der Waals surface area contributed by atoms with Crippen molar-refractivity contribution in [3.05, 3.63) is 46.1 Å². The van der Waals surface area contributed by atoms with Crippen molar-refractivity contribution in [3.8, 4) is 11.5 Å². The van der Waals surface area contributed by atoms with Gasteiger partial charge in [-0.1, -0.05) is 0 Å². The Morgan fingerprint density at radius 3 is 2.74 bits per heavy atom. The van der Waals surface area contributed by atoms with Crippen LogP contribution in [0.2, 0.25) is 0 Å². The number of hydrogen-bond donors (Lipinski definition) is 2. The minimum Gasteiger partial charge on any atom is -0.508 e. The molecule has 0 bridgehead atoms. The first-order valence-electron chi connectivity index (χ1n) is 6.60. The Hall–Kier alpha value is -3.23. The molecule has 0 radical (unpaired) electrons. The lowest BCUT2D eigenvalue weighted by molar-refractivity contribution is -0.389. The van der Waals surface area contributed by atoms with Crippen LogP contribution in [0.5, 0.6) is 11.5 Å². The highest BCUT2D eigenvalue weighted by molar-refractivity contribution is 6.01. The average Bonchev–Trinajstić information content (AvgIpc) is 2.93. The molecule has 0 aliphatic rings. The summed E-state index contributed by atoms with van der Waals surface area (Å²) in [5.74, 6) is -1.12. The minimum absolute atomic E-state index is 0.0640. The van der Waals surface area contributed by atoms with E-state index in [9.17, 15) is 25.1 Å². The lowest BCUT2D eigenvalue weighted by Crippen LogP contribution is -2.11. The molecular formula is C14H14N4O5. The van der Waals surface area contributed by atoms with Crippen LogP contribution >= 0.6 is 0 Å². The van der Waals surface area contributed by atoms with Crippen LogP contribution in [0, 0.1) is 10.1 Å². The number of carbonyl (C=O) groups is 1. The van der Waals surface area contributed by atoms with Crippen LogP contribution in [0.15, 0.2) is 35.5 Å². The van der Waals surface area contributed by atoms with Crippen LogP contribution in [-0.4, -0.2) is 43.0 Å². The van der Waals surface area contributed by atoms with Gasteiger partial charge in [-0.2, -0.15) is 4.68 Å². The number of phenols is 2. The summed E-state index contributed by atoms with van der Waals surface area (Å²) in [5.41, 5.74) is 0.615. The van der Waals surface area contributed by atoms with Crippen LogP contribution in [0.1, 0.15) is 17.3 Å². The van der Waals surface area contributed by atoms with Crippen LogP contribution in [0.25, 0.3) is 0 Å². The summed E-state index contributed by atoms with van der Waals surface area (Å²) in [7, 11) is 0. The molecule has 1 heterocycles. The van der Waals surface area contributed by atoms with E-state index in [1.165, 1.54) is 29.1 Å². The second kappa shape index (κ2) is 6.69. The maximum atomic E-state index is 12.0. The molecule has 0 fully saturated rings. The summed E-state index contributed by atoms with van der Waals surface area (Å²) in [6, 6.07) is 4.96. The third-order valence-corrected chi connectivity index (χ3v) is 2.98. The van der Waals surface area contributed by atoms with Gasteiger partial charge in [-0.05, 0) is 24.0 Å². The van der Waals surface area contributed by atoms with E-state index >= 15 is 0 Å². The maximum Gasteiger partial charge on any atom is 0.389 e. The van der Waals surface area contributed by atoms with Gasteiger partial charge in [-0.3, -0.25) is 9.79 Å². The fourth-order valence-corrected chi connectivity index (χ4v) is 1.87. The average molecular weight is 318 g/mol. The molecule has 2 N–H and O–H groups in total. The fraction of sp³-hybridized carbons (Fsp3) is 0.214. The normalized spacial score (nSPS) is 11.4. The molecule has 120 valence electrons. The van der Waals surface area contributed by atoms with E-state index in [0.29, 0.717) is 5.71 Å². The number of phenolic OH excluding ortho intramolecular Hbond substituents is 2. The highest BCUT2D eigenvalue weighted by atomic mass is 16.6. The molecule has 0 aliphatic carbocycles. The molecule has 0 aliphatic heterocycles. The molecule has 0 saturated carbocycles. The van der Waals surface area contributed by atoms with Crippen molar-refractivity contribution in [1.29, 1.82) is 0 Å². The topological polar surface area (TPSA) is 131 Å². The first kappa shape index (κ1) is 16.1. The number of aromatic hydroxyl groups is 2. The van der Waals surface area contributed by atoms with Crippen LogP contribution in [-0.2, 0) is 6.54 Å². The van der Waals surface area contributed by atoms with E-state index in [0.717, 1.165) is 6.07 Å². The monoisotopic (exact) mass is 318 g/mol. The standard InChI is InChI=1S/C14H14N4O5/c1-9(8-17-5-4-14(16-17)18(22)23)15-7-13(21)11-3-2-10(19)6-12(11)20/h2-6,19-20H,7-8H2,1H3. The van der Waals surface area contributed by atoms with Gasteiger partial charge in [0.05, 0.1) is 29.5 Å². The van der Waals surface area contributed by atoms with Crippen molar-refractivity contribution >= 4 is 17.3 Å². The van der Waals surface area contributed by atoms with Crippen molar-refractivity contribution < 1.29 is 19.9 Å². The summed E-state index contributed by atoms with van der Waals surface area (Å²) in [6.45, 7) is 1.69. The molecule has 9 heteroatoms. The number of rotatable bonds is 6. The lowest BCUT2D eigenvalue weighted by atomic mass is 10.1. The van der Waals surface area contributed by atoms with Gasteiger partial charge in [0.2, 0.25) is 0 Å². The van der Waals surface area contributed by atoms with E-state index in [-0.39, 0.29) is 36.0 Å². The molecule has 0 unspecified atom stereocenters. The van der Waals surface area contributed by atoms with Gasteiger partial charge < -0.3 is 20.3 Å². The first-order valence-corrected chi connectivity index (χ1v) is 6.60. The summed E-state index contributed by atoms with van der Waals surface area (Å²) < 4.78 is 1.35. The van der Waals surface area contributed by atoms with Gasteiger partial charge >= 0.3 is 5.82 Å². The van der Waals surface area contributed by atoms with Crippen molar-refractivity contribution in [1.82, 2.24) is 9.78 Å². The molecule has 23 heavy (non-hydrogen) atoms. The quantitative estimate of drug-likeness (QED) is 0.359. The number of aromatic nitrogens is 2. The Morgan fingerprint density at radius 2 is 2.13 bits per heavy atom. The molecule has 0 atom stereocenters. The van der Waals surface area contributed by atoms with Gasteiger partial charge in [0, 0.05) is 11.8 Å². The van der Waals surface area contributed by atoms with Gasteiger partial charge in [0.15, 0.2) is 5.78 Å². The number of carbonyl (C=O) groups excluding carboxylic acids is 1. The zero-order chi connectivity index (χ0) is 17.0. The molecule has 1 aromatic heterocycles. The molecule has 2 aromatic rings. The number of nitro groups is 1. The highest BCUT2D eigenvalue weighted by Gasteiger charge is 2.13. The van der Waals surface area contributed by atoms with Crippen molar-refractivity contribution in [2.75, 3.05) is 6.54 Å². The third kappa shape index (κ3) is 4.13. The number of hydrogen-bond acceptors (Lipinski definition) is 7. The summed E-state index contributed by atoms with van der Waals surface area (Å²) in [6.07, 6.45) is 1.45. The number of benzene rings is 1. The highest BCUT2D eigenvalue weighted by Crippen LogP contribution is 2.22. The second-order valence-electron chi connectivity index (χ2n) is 4.80. The maximum absolute atomic E-state index is 12.0. The largest absolute Gasteiger partial charge is 0.508 e. The zero-order valence-corrected chi connectivity index (χ0v) is 12.2. The molecular weight excluding hydrogens is 304 g/mol. The van der Waals surface area contributed by atoms with E-state index in [1.54, 1.807) is 6.92 Å². The Kier molecular flexibility index (Phi) is 4.69. The molecule has 0 amide bonds. The molecule has 2 rings (SSSR count). The van der Waals surface area contributed by atoms with Gasteiger partial charge in [0.25, 0.3) is 0 Å². The Morgan fingerprint density at radius 1 is 1.39 bits per heavy atom. The van der Waals surface area contributed by atoms with Gasteiger partial charge in [0.1, 0.15) is 18.0 Å². The molecule has 0 saturated heterocycles. The molecule has 9 nitrogen and oxygen atoms in total. The van der Waals surface area contributed by atoms with Gasteiger partial charge in [-0.25, -0.2) is 0 Å². The number of Topliss-reactive ketones (excluding diaryl/α,β-unsaturated/α-hetero) is 1. The number of ketones is 1. The van der Waals surface area contributed by atoms with E-state index in [1.807, 2.05) is 0 Å². The zero-order valence-electron chi connectivity index (χ0n) is 12.2. The van der Waals surface area contributed by atoms with Crippen molar-refractivity contribution in [2.45, 2.75) is 13.5 Å². The molecule has 0 spiro atoms. The minimum atomic E-state index is -0.597. The number of nitrogens with zero attached hydrogens (tertiary/aromatic N) is 4. The summed E-state index contributed by atoms with van der Waals surface area (Å²) in [5, 5.41) is 33.1. The fourth-order valence-electron chi connectivity index (χ4n) is 1.87. The Balaban J connectivity index is 2.00. The predicted molar refractivity (Wildman–Crippen MR) is 81.0 cm³/mol. The van der Waals surface area contributed by atoms with Gasteiger partial charge in [-0.15, -0.1) is 0 Å². The smallest absolute Gasteiger partial charge is 0.389 e. The van der Waals surface area contributed by atoms with Crippen LogP contribution in [0.3, 0.4) is 0 Å².